The normalized spacial score (nSPS) is 40.1. The molecular weight excluding hydrogens is 312 g/mol. The molecule has 5 heteroatoms. The van der Waals surface area contributed by atoms with Gasteiger partial charge in [-0.1, -0.05) is 12.8 Å². The number of aliphatic hydroxyl groups excluding tert-OH is 1. The van der Waals surface area contributed by atoms with Crippen LogP contribution >= 0.6 is 23.5 Å². The lowest BCUT2D eigenvalue weighted by molar-refractivity contribution is 0.0486. The van der Waals surface area contributed by atoms with Crippen molar-refractivity contribution in [1.29, 1.82) is 0 Å². The molecule has 0 unspecified atom stereocenters. The van der Waals surface area contributed by atoms with Crippen molar-refractivity contribution in [3.8, 4) is 0 Å². The lowest BCUT2D eigenvalue weighted by Crippen LogP contribution is -2.52. The fourth-order valence-electron chi connectivity index (χ4n) is 5.06. The molecule has 0 radical (unpaired) electrons. The van der Waals surface area contributed by atoms with Gasteiger partial charge in [-0.2, -0.15) is 23.5 Å². The summed E-state index contributed by atoms with van der Waals surface area (Å²) in [7, 11) is 0. The summed E-state index contributed by atoms with van der Waals surface area (Å²) >= 11 is 4.35. The monoisotopic (exact) mass is 342 g/mol. The molecule has 2 aliphatic heterocycles. The molecule has 2 saturated carbocycles. The van der Waals surface area contributed by atoms with E-state index in [2.05, 4.69) is 33.3 Å². The van der Waals surface area contributed by atoms with Crippen molar-refractivity contribution in [3.05, 3.63) is 0 Å². The van der Waals surface area contributed by atoms with Gasteiger partial charge in [0.15, 0.2) is 0 Å². The molecule has 4 atom stereocenters. The number of fused-ring (bicyclic) bond motifs is 2. The lowest BCUT2D eigenvalue weighted by atomic mass is 10.1. The molecular formula is C17H30N2OS2. The molecule has 1 N–H and O–H groups in total. The quantitative estimate of drug-likeness (QED) is 0.846. The predicted octanol–water partition coefficient (Wildman–Crippen LogP) is 2.29. The first-order chi connectivity index (χ1) is 10.8. The molecule has 4 aliphatic rings. The van der Waals surface area contributed by atoms with E-state index < -0.39 is 0 Å². The maximum absolute atomic E-state index is 10.7. The third-order valence-electron chi connectivity index (χ3n) is 6.08. The van der Waals surface area contributed by atoms with Gasteiger partial charge in [-0.05, 0) is 25.7 Å². The minimum atomic E-state index is -0.159. The summed E-state index contributed by atoms with van der Waals surface area (Å²) in [6.45, 7) is 4.18. The maximum atomic E-state index is 10.7. The van der Waals surface area contributed by atoms with Crippen molar-refractivity contribution in [1.82, 2.24) is 9.80 Å². The Bertz CT molecular complexity index is 350. The summed E-state index contributed by atoms with van der Waals surface area (Å²) in [4.78, 5) is 5.23. The zero-order valence-corrected chi connectivity index (χ0v) is 15.2. The Kier molecular flexibility index (Phi) is 5.27. The topological polar surface area (TPSA) is 26.7 Å². The van der Waals surface area contributed by atoms with Gasteiger partial charge >= 0.3 is 0 Å². The first-order valence-corrected chi connectivity index (χ1v) is 11.3. The van der Waals surface area contributed by atoms with Crippen LogP contribution in [0.4, 0.5) is 0 Å². The van der Waals surface area contributed by atoms with E-state index in [0.717, 1.165) is 35.7 Å². The van der Waals surface area contributed by atoms with Crippen molar-refractivity contribution < 1.29 is 5.11 Å². The second kappa shape index (κ2) is 7.22. The molecule has 126 valence electrons. The van der Waals surface area contributed by atoms with Crippen molar-refractivity contribution in [2.75, 3.05) is 37.7 Å². The van der Waals surface area contributed by atoms with E-state index in [0.29, 0.717) is 0 Å². The first kappa shape index (κ1) is 16.1. The summed E-state index contributed by atoms with van der Waals surface area (Å²) in [6.07, 6.45) is 8.13. The van der Waals surface area contributed by atoms with Crippen LogP contribution in [0, 0.1) is 0 Å². The van der Waals surface area contributed by atoms with Gasteiger partial charge in [-0.3, -0.25) is 9.80 Å². The van der Waals surface area contributed by atoms with Gasteiger partial charge in [0.2, 0.25) is 0 Å². The Morgan fingerprint density at radius 2 is 1.32 bits per heavy atom. The van der Waals surface area contributed by atoms with E-state index in [1.807, 2.05) is 0 Å². The smallest absolute Gasteiger partial charge is 0.0794 e. The third kappa shape index (κ3) is 3.34. The summed E-state index contributed by atoms with van der Waals surface area (Å²) < 4.78 is 0. The van der Waals surface area contributed by atoms with Crippen molar-refractivity contribution >= 4 is 23.5 Å². The van der Waals surface area contributed by atoms with Crippen LogP contribution < -0.4 is 0 Å². The van der Waals surface area contributed by atoms with Crippen LogP contribution in [0.25, 0.3) is 0 Å². The van der Waals surface area contributed by atoms with Crippen molar-refractivity contribution in [2.45, 2.75) is 67.2 Å². The fourth-order valence-corrected chi connectivity index (χ4v) is 8.08. The highest BCUT2D eigenvalue weighted by atomic mass is 32.2. The Hall–Kier alpha value is 0.580. The van der Waals surface area contributed by atoms with E-state index in [1.54, 1.807) is 0 Å². The van der Waals surface area contributed by atoms with Gasteiger partial charge in [0.05, 0.1) is 6.10 Å². The summed E-state index contributed by atoms with van der Waals surface area (Å²) in [5, 5.41) is 12.4. The number of hydrogen-bond donors (Lipinski definition) is 1. The molecule has 0 aromatic rings. The number of aliphatic hydroxyl groups is 1. The molecule has 2 aliphatic carbocycles. The minimum absolute atomic E-state index is 0.159. The lowest BCUT2D eigenvalue weighted by Gasteiger charge is -2.41. The molecule has 0 bridgehead atoms. The van der Waals surface area contributed by atoms with Crippen LogP contribution in [0.5, 0.6) is 0 Å². The maximum Gasteiger partial charge on any atom is 0.0794 e. The Labute approximate surface area is 143 Å². The summed E-state index contributed by atoms with van der Waals surface area (Å²) in [6, 6.07) is 1.51. The molecule has 0 aromatic heterocycles. The predicted molar refractivity (Wildman–Crippen MR) is 96.9 cm³/mol. The van der Waals surface area contributed by atoms with Crippen molar-refractivity contribution in [3.63, 3.8) is 0 Å². The highest BCUT2D eigenvalue weighted by Gasteiger charge is 2.38. The highest BCUT2D eigenvalue weighted by molar-refractivity contribution is 8.00. The molecule has 2 heterocycles. The number of thioether (sulfide) groups is 2. The van der Waals surface area contributed by atoms with E-state index >= 15 is 0 Å². The molecule has 4 rings (SSSR count). The molecule has 22 heavy (non-hydrogen) atoms. The van der Waals surface area contributed by atoms with Gasteiger partial charge in [0.1, 0.15) is 0 Å². The van der Waals surface area contributed by atoms with E-state index in [9.17, 15) is 5.11 Å². The standard InChI is InChI=1S/C17H30N2OS2/c20-13(11-18-7-9-21-16-5-1-3-14(16)18)12-19-8-10-22-17-6-2-4-15(17)19/h13-17,20H,1-12H2/t14-,15-,16+,17+/m0/s1. The summed E-state index contributed by atoms with van der Waals surface area (Å²) in [5.74, 6) is 2.53. The van der Waals surface area contributed by atoms with Crippen LogP contribution in [-0.4, -0.2) is 81.3 Å². The number of hydrogen-bond acceptors (Lipinski definition) is 5. The van der Waals surface area contributed by atoms with Gasteiger partial charge in [-0.15, -0.1) is 0 Å². The average Bonchev–Trinajstić information content (AvgIpc) is 3.16. The fraction of sp³-hybridized carbons (Fsp3) is 1.00. The van der Waals surface area contributed by atoms with E-state index in [4.69, 9.17) is 0 Å². The first-order valence-electron chi connectivity index (χ1n) is 9.20. The minimum Gasteiger partial charge on any atom is -0.390 e. The average molecular weight is 343 g/mol. The van der Waals surface area contributed by atoms with Crippen LogP contribution in [-0.2, 0) is 0 Å². The SMILES string of the molecule is OC(CN1CCS[C@@H]2CCC[C@@H]21)CN1CCS[C@@H]2CCC[C@@H]21. The zero-order valence-electron chi connectivity index (χ0n) is 13.5. The van der Waals surface area contributed by atoms with Gasteiger partial charge in [0.25, 0.3) is 0 Å². The number of β-amino-alcohol motifs (C(OH)–C–C–N with tert-alkyl or cyclic N) is 1. The zero-order chi connectivity index (χ0) is 14.9. The van der Waals surface area contributed by atoms with Crippen LogP contribution in [0.15, 0.2) is 0 Å². The Balaban J connectivity index is 1.31. The van der Waals surface area contributed by atoms with Crippen LogP contribution in [0.1, 0.15) is 38.5 Å². The Morgan fingerprint density at radius 3 is 1.82 bits per heavy atom. The molecule has 0 spiro atoms. The molecule has 2 saturated heterocycles. The largest absolute Gasteiger partial charge is 0.390 e. The second-order valence-corrected chi connectivity index (χ2v) is 10.2. The van der Waals surface area contributed by atoms with Gasteiger partial charge < -0.3 is 5.11 Å². The molecule has 4 fully saturated rings. The van der Waals surface area contributed by atoms with Crippen LogP contribution in [0.3, 0.4) is 0 Å². The Morgan fingerprint density at radius 1 is 0.818 bits per heavy atom. The molecule has 0 aromatic carbocycles. The number of rotatable bonds is 4. The third-order valence-corrected chi connectivity index (χ3v) is 8.88. The van der Waals surface area contributed by atoms with Crippen LogP contribution in [0.2, 0.25) is 0 Å². The molecule has 3 nitrogen and oxygen atoms in total. The summed E-state index contributed by atoms with van der Waals surface area (Å²) in [5.41, 5.74) is 0. The van der Waals surface area contributed by atoms with Crippen molar-refractivity contribution in [2.24, 2.45) is 0 Å². The number of nitrogens with zero attached hydrogens (tertiary/aromatic N) is 2. The van der Waals surface area contributed by atoms with Gasteiger partial charge in [-0.25, -0.2) is 0 Å². The second-order valence-electron chi connectivity index (χ2n) is 7.46. The molecule has 0 amide bonds. The van der Waals surface area contributed by atoms with E-state index in [1.165, 1.54) is 63.1 Å². The highest BCUT2D eigenvalue weighted by Crippen LogP contribution is 2.38. The van der Waals surface area contributed by atoms with Gasteiger partial charge in [0, 0.05) is 60.3 Å². The van der Waals surface area contributed by atoms with E-state index in [-0.39, 0.29) is 6.10 Å².